The normalized spacial score (nSPS) is 18.2. The van der Waals surface area contributed by atoms with Gasteiger partial charge in [-0.1, -0.05) is 42.5 Å². The molecule has 3 aromatic rings. The third-order valence-corrected chi connectivity index (χ3v) is 5.43. The van der Waals surface area contributed by atoms with Crippen LogP contribution in [0.3, 0.4) is 0 Å². The van der Waals surface area contributed by atoms with E-state index in [-0.39, 0.29) is 36.8 Å². The molecule has 2 heterocycles. The van der Waals surface area contributed by atoms with E-state index in [1.54, 1.807) is 24.4 Å². The van der Waals surface area contributed by atoms with E-state index in [0.717, 1.165) is 16.8 Å². The number of hydrogen-bond donors (Lipinski definition) is 3. The third kappa shape index (κ3) is 4.80. The minimum absolute atomic E-state index is 0.0598. The molecule has 2 amide bonds. The molecule has 0 saturated carbocycles. The maximum absolute atomic E-state index is 13.9. The summed E-state index contributed by atoms with van der Waals surface area (Å²) in [5, 5.41) is 19.7. The number of carbonyl (C=O) groups is 2. The molecule has 2 unspecified atom stereocenters. The molecule has 3 N–H and O–H groups in total. The first-order valence-corrected chi connectivity index (χ1v) is 10.1. The van der Waals surface area contributed by atoms with Gasteiger partial charge in [0.05, 0.1) is 18.2 Å². The summed E-state index contributed by atoms with van der Waals surface area (Å²) in [5.74, 6) is -1.18. The van der Waals surface area contributed by atoms with Gasteiger partial charge in [-0.25, -0.2) is 4.39 Å². The molecule has 160 valence electrons. The van der Waals surface area contributed by atoms with Gasteiger partial charge < -0.3 is 15.3 Å². The summed E-state index contributed by atoms with van der Waals surface area (Å²) in [6, 6.07) is 14.8. The largest absolute Gasteiger partial charge is 0.391 e. The number of rotatable bonds is 6. The number of benzene rings is 2. The predicted octanol–water partition coefficient (Wildman–Crippen LogP) is 2.04. The summed E-state index contributed by atoms with van der Waals surface area (Å²) < 4.78 is 13.9. The van der Waals surface area contributed by atoms with Crippen molar-refractivity contribution in [1.29, 1.82) is 0 Å². The van der Waals surface area contributed by atoms with Crippen molar-refractivity contribution in [3.8, 4) is 11.3 Å². The highest BCUT2D eigenvalue weighted by molar-refractivity contribution is 5.89. The van der Waals surface area contributed by atoms with Crippen LogP contribution in [0, 0.1) is 5.82 Å². The van der Waals surface area contributed by atoms with Crippen molar-refractivity contribution in [1.82, 2.24) is 20.4 Å². The summed E-state index contributed by atoms with van der Waals surface area (Å²) in [7, 11) is 0. The third-order valence-electron chi connectivity index (χ3n) is 5.43. The quantitative estimate of drug-likeness (QED) is 0.566. The first-order chi connectivity index (χ1) is 15.0. The minimum atomic E-state index is -0.783. The molecule has 1 aromatic heterocycles. The molecule has 1 aliphatic heterocycles. The smallest absolute Gasteiger partial charge is 0.243 e. The van der Waals surface area contributed by atoms with Crippen LogP contribution in [-0.4, -0.2) is 50.7 Å². The lowest BCUT2D eigenvalue weighted by Crippen LogP contribution is -2.46. The molecule has 8 heteroatoms. The predicted molar refractivity (Wildman–Crippen MR) is 112 cm³/mol. The van der Waals surface area contributed by atoms with Gasteiger partial charge in [0.25, 0.3) is 0 Å². The monoisotopic (exact) mass is 422 g/mol. The number of hydrogen-bond acceptors (Lipinski definition) is 4. The lowest BCUT2D eigenvalue weighted by molar-refractivity contribution is -0.138. The van der Waals surface area contributed by atoms with Crippen molar-refractivity contribution < 1.29 is 19.1 Å². The van der Waals surface area contributed by atoms with Gasteiger partial charge in [-0.3, -0.25) is 14.7 Å². The Balaban J connectivity index is 1.37. The molecule has 0 aliphatic carbocycles. The molecule has 2 atom stereocenters. The van der Waals surface area contributed by atoms with Gasteiger partial charge in [-0.05, 0) is 28.8 Å². The van der Waals surface area contributed by atoms with E-state index < -0.39 is 18.0 Å². The number of aromatic nitrogens is 2. The summed E-state index contributed by atoms with van der Waals surface area (Å²) in [6.45, 7) is 0.355. The highest BCUT2D eigenvalue weighted by atomic mass is 19.1. The fraction of sp³-hybridized carbons (Fsp3) is 0.261. The summed E-state index contributed by atoms with van der Waals surface area (Å²) in [6.07, 6.45) is 0.902. The number of likely N-dealkylation sites (tertiary alicyclic amines) is 1. The van der Waals surface area contributed by atoms with Crippen molar-refractivity contribution in [2.75, 3.05) is 6.54 Å². The molecular formula is C23H23FN4O3. The standard InChI is InChI=1S/C23H23FN4O3/c24-19-4-2-1-3-17(19)11-22(30)28-14-18(29)12-21(28)23(31)25-13-15-5-7-16(8-6-15)20-9-10-26-27-20/h1-10,18,21,29H,11-14H2,(H,25,31)(H,26,27). The Kier molecular flexibility index (Phi) is 6.08. The molecule has 1 aliphatic rings. The van der Waals surface area contributed by atoms with Crippen LogP contribution in [0.4, 0.5) is 4.39 Å². The summed E-state index contributed by atoms with van der Waals surface area (Å²) >= 11 is 0. The number of H-pyrrole nitrogens is 1. The minimum Gasteiger partial charge on any atom is -0.391 e. The maximum atomic E-state index is 13.9. The maximum Gasteiger partial charge on any atom is 0.243 e. The zero-order valence-corrected chi connectivity index (χ0v) is 16.8. The molecule has 1 saturated heterocycles. The topological polar surface area (TPSA) is 98.3 Å². The molecule has 0 spiro atoms. The van der Waals surface area contributed by atoms with E-state index in [2.05, 4.69) is 15.5 Å². The van der Waals surface area contributed by atoms with E-state index in [1.165, 1.54) is 11.0 Å². The highest BCUT2D eigenvalue weighted by Gasteiger charge is 2.38. The first kappa shape index (κ1) is 20.7. The Bertz CT molecular complexity index is 1050. The lowest BCUT2D eigenvalue weighted by atomic mass is 10.1. The number of aliphatic hydroxyl groups is 1. The lowest BCUT2D eigenvalue weighted by Gasteiger charge is -2.24. The zero-order chi connectivity index (χ0) is 21.8. The van der Waals surface area contributed by atoms with Gasteiger partial charge in [-0.2, -0.15) is 5.10 Å². The average Bonchev–Trinajstić information content (AvgIpc) is 3.44. The first-order valence-electron chi connectivity index (χ1n) is 10.1. The second kappa shape index (κ2) is 9.09. The van der Waals surface area contributed by atoms with Crippen LogP contribution in [0.25, 0.3) is 11.3 Å². The molecule has 1 fully saturated rings. The molecule has 0 bridgehead atoms. The van der Waals surface area contributed by atoms with Gasteiger partial charge in [0.2, 0.25) is 11.8 Å². The van der Waals surface area contributed by atoms with Gasteiger partial charge in [0.1, 0.15) is 11.9 Å². The van der Waals surface area contributed by atoms with Gasteiger partial charge in [0, 0.05) is 25.7 Å². The Hall–Kier alpha value is -3.52. The van der Waals surface area contributed by atoms with Gasteiger partial charge in [-0.15, -0.1) is 0 Å². The Morgan fingerprint density at radius 3 is 2.65 bits per heavy atom. The number of aromatic amines is 1. The molecule has 0 radical (unpaired) electrons. The second-order valence-electron chi connectivity index (χ2n) is 7.60. The number of halogens is 1. The molecule has 7 nitrogen and oxygen atoms in total. The van der Waals surface area contributed by atoms with Crippen LogP contribution in [0.5, 0.6) is 0 Å². The summed E-state index contributed by atoms with van der Waals surface area (Å²) in [4.78, 5) is 26.8. The van der Waals surface area contributed by atoms with Crippen molar-refractivity contribution in [2.24, 2.45) is 0 Å². The second-order valence-corrected chi connectivity index (χ2v) is 7.60. The Morgan fingerprint density at radius 1 is 1.16 bits per heavy atom. The van der Waals surface area contributed by atoms with Crippen LogP contribution in [0.15, 0.2) is 60.8 Å². The Morgan fingerprint density at radius 2 is 1.94 bits per heavy atom. The van der Waals surface area contributed by atoms with Gasteiger partial charge in [0.15, 0.2) is 0 Å². The number of β-amino-alcohol motifs (C(OH)–C–C–N with tert-alkyl or cyclic N) is 1. The average molecular weight is 422 g/mol. The van der Waals surface area contributed by atoms with Crippen LogP contribution in [-0.2, 0) is 22.6 Å². The van der Waals surface area contributed by atoms with Crippen LogP contribution >= 0.6 is 0 Å². The number of amides is 2. The van der Waals surface area contributed by atoms with Crippen molar-refractivity contribution in [3.63, 3.8) is 0 Å². The SMILES string of the molecule is O=C(NCc1ccc(-c2ccn[nH]2)cc1)C1CC(O)CN1C(=O)Cc1ccccc1F. The van der Waals surface area contributed by atoms with Crippen LogP contribution < -0.4 is 5.32 Å². The van der Waals surface area contributed by atoms with E-state index in [9.17, 15) is 19.1 Å². The van der Waals surface area contributed by atoms with E-state index in [1.807, 2.05) is 30.3 Å². The number of nitrogens with one attached hydrogen (secondary N) is 2. The molecular weight excluding hydrogens is 399 g/mol. The van der Waals surface area contributed by atoms with E-state index >= 15 is 0 Å². The highest BCUT2D eigenvalue weighted by Crippen LogP contribution is 2.21. The van der Waals surface area contributed by atoms with E-state index in [0.29, 0.717) is 6.54 Å². The summed E-state index contributed by atoms with van der Waals surface area (Å²) in [5.41, 5.74) is 3.06. The molecule has 2 aromatic carbocycles. The fourth-order valence-electron chi connectivity index (χ4n) is 3.77. The van der Waals surface area contributed by atoms with Crippen LogP contribution in [0.2, 0.25) is 0 Å². The van der Waals surface area contributed by atoms with Crippen molar-refractivity contribution >= 4 is 11.8 Å². The zero-order valence-electron chi connectivity index (χ0n) is 16.8. The molecule has 31 heavy (non-hydrogen) atoms. The van der Waals surface area contributed by atoms with Crippen LogP contribution in [0.1, 0.15) is 17.5 Å². The Labute approximate surface area is 178 Å². The molecule has 4 rings (SSSR count). The number of carbonyl (C=O) groups excluding carboxylic acids is 2. The number of nitrogens with zero attached hydrogens (tertiary/aromatic N) is 2. The van der Waals surface area contributed by atoms with E-state index in [4.69, 9.17) is 0 Å². The fourth-order valence-corrected chi connectivity index (χ4v) is 3.77. The van der Waals surface area contributed by atoms with Crippen molar-refractivity contribution in [2.45, 2.75) is 31.5 Å². The van der Waals surface area contributed by atoms with Gasteiger partial charge >= 0.3 is 0 Å². The number of aliphatic hydroxyl groups excluding tert-OH is 1. The van der Waals surface area contributed by atoms with Crippen molar-refractivity contribution in [3.05, 3.63) is 77.7 Å².